The molecule has 18 heteroatoms. The molecule has 1 saturated heterocycles. The zero-order valence-electron chi connectivity index (χ0n) is 33.2. The zero-order valence-corrected chi connectivity index (χ0v) is 33.2. The smallest absolute Gasteiger partial charge is 0.363 e. The first-order valence-electron chi connectivity index (χ1n) is 19.5. The maximum atomic E-state index is 15.0. The van der Waals surface area contributed by atoms with Gasteiger partial charge in [0.15, 0.2) is 5.76 Å². The van der Waals surface area contributed by atoms with E-state index in [1.807, 2.05) is 11.8 Å². The number of amides is 4. The number of hydrogen-bond donors (Lipinski definition) is 5. The molecule has 59 heavy (non-hydrogen) atoms. The van der Waals surface area contributed by atoms with Gasteiger partial charge in [-0.15, -0.1) is 0 Å². The molecule has 0 unspecified atom stereocenters. The second kappa shape index (κ2) is 21.9. The number of halogens is 1. The minimum atomic E-state index is -1.68. The SMILES string of the molecule is CCCCC[C@@H](C(=O)NCNC(=O)c1ccc(-c2ccc(C(=O)N[C@@H](CC(=O)O)C(=O)O)c(OCC)c2)o1)[C@@H](CC)N(C=O)OC(=O)c1ccc(N2CCCC2)c(F)c1. The number of carbonyl (C=O) groups is 7. The maximum absolute atomic E-state index is 15.0. The van der Waals surface area contributed by atoms with Crippen molar-refractivity contribution in [2.24, 2.45) is 5.92 Å². The van der Waals surface area contributed by atoms with Gasteiger partial charge in [-0.1, -0.05) is 39.2 Å². The highest BCUT2D eigenvalue weighted by Gasteiger charge is 2.34. The molecule has 1 aliphatic heterocycles. The number of nitrogens with one attached hydrogen (secondary N) is 3. The number of anilines is 1. The van der Waals surface area contributed by atoms with E-state index in [4.69, 9.17) is 19.1 Å². The number of carboxylic acid groups (broad SMARTS) is 2. The Balaban J connectivity index is 1.40. The van der Waals surface area contributed by atoms with E-state index in [0.29, 0.717) is 43.6 Å². The summed E-state index contributed by atoms with van der Waals surface area (Å²) in [7, 11) is 0. The van der Waals surface area contributed by atoms with Crippen molar-refractivity contribution < 1.29 is 62.2 Å². The van der Waals surface area contributed by atoms with E-state index in [0.717, 1.165) is 36.8 Å². The van der Waals surface area contributed by atoms with E-state index in [1.54, 1.807) is 13.8 Å². The van der Waals surface area contributed by atoms with Crippen molar-refractivity contribution in [2.45, 2.75) is 84.2 Å². The number of carboxylic acids is 2. The van der Waals surface area contributed by atoms with Crippen molar-refractivity contribution in [1.82, 2.24) is 21.0 Å². The predicted molar refractivity (Wildman–Crippen MR) is 210 cm³/mol. The predicted octanol–water partition coefficient (Wildman–Crippen LogP) is 4.75. The summed E-state index contributed by atoms with van der Waals surface area (Å²) >= 11 is 0. The molecular weight excluding hydrogens is 773 g/mol. The molecule has 1 fully saturated rings. The second-order valence-corrected chi connectivity index (χ2v) is 13.8. The second-order valence-electron chi connectivity index (χ2n) is 13.8. The molecule has 0 bridgehead atoms. The van der Waals surface area contributed by atoms with Gasteiger partial charge in [-0.3, -0.25) is 24.0 Å². The Bertz CT molecular complexity index is 1980. The lowest BCUT2D eigenvalue weighted by atomic mass is 9.90. The summed E-state index contributed by atoms with van der Waals surface area (Å²) < 4.78 is 26.3. The Morgan fingerprint density at radius 2 is 1.69 bits per heavy atom. The van der Waals surface area contributed by atoms with Crippen LogP contribution in [0.15, 0.2) is 52.9 Å². The van der Waals surface area contributed by atoms with Crippen LogP contribution in [0.3, 0.4) is 0 Å². The van der Waals surface area contributed by atoms with Crippen LogP contribution < -0.4 is 25.6 Å². The third-order valence-electron chi connectivity index (χ3n) is 9.72. The van der Waals surface area contributed by atoms with Crippen LogP contribution in [0.2, 0.25) is 0 Å². The van der Waals surface area contributed by atoms with Crippen molar-refractivity contribution in [3.63, 3.8) is 0 Å². The van der Waals surface area contributed by atoms with Gasteiger partial charge >= 0.3 is 17.9 Å². The number of ether oxygens (including phenoxy) is 1. The van der Waals surface area contributed by atoms with E-state index < -0.39 is 65.9 Å². The van der Waals surface area contributed by atoms with Gasteiger partial charge in [0.1, 0.15) is 23.4 Å². The zero-order chi connectivity index (χ0) is 43.1. The first-order valence-corrected chi connectivity index (χ1v) is 19.5. The van der Waals surface area contributed by atoms with Crippen LogP contribution in [-0.2, 0) is 24.0 Å². The number of nitrogens with zero attached hydrogens (tertiary/aromatic N) is 2. The van der Waals surface area contributed by atoms with Gasteiger partial charge in [-0.2, -0.15) is 5.06 Å². The summed E-state index contributed by atoms with van der Waals surface area (Å²) in [4.78, 5) is 94.8. The molecule has 4 rings (SSSR count). The van der Waals surface area contributed by atoms with Gasteiger partial charge in [0.2, 0.25) is 12.3 Å². The van der Waals surface area contributed by atoms with Crippen molar-refractivity contribution in [2.75, 3.05) is 31.3 Å². The lowest BCUT2D eigenvalue weighted by Crippen LogP contribution is -2.49. The van der Waals surface area contributed by atoms with Gasteiger partial charge < -0.3 is 45.1 Å². The number of carbonyl (C=O) groups excluding carboxylic acids is 5. The van der Waals surface area contributed by atoms with Crippen LogP contribution in [0.5, 0.6) is 5.75 Å². The average Bonchev–Trinajstić information content (AvgIpc) is 3.93. The average molecular weight is 824 g/mol. The van der Waals surface area contributed by atoms with Crippen molar-refractivity contribution in [3.05, 3.63) is 71.2 Å². The lowest BCUT2D eigenvalue weighted by Gasteiger charge is -2.31. The van der Waals surface area contributed by atoms with Crippen LogP contribution in [0, 0.1) is 11.7 Å². The fourth-order valence-corrected chi connectivity index (χ4v) is 6.71. The summed E-state index contributed by atoms with van der Waals surface area (Å²) in [5, 5.41) is 26.5. The van der Waals surface area contributed by atoms with Crippen LogP contribution >= 0.6 is 0 Å². The molecule has 5 N–H and O–H groups in total. The molecule has 0 spiro atoms. The largest absolute Gasteiger partial charge is 0.493 e. The molecule has 1 aromatic heterocycles. The van der Waals surface area contributed by atoms with Crippen LogP contribution in [0.1, 0.15) is 103 Å². The summed E-state index contributed by atoms with van der Waals surface area (Å²) in [6.07, 6.45) is 4.20. The molecule has 1 aliphatic rings. The van der Waals surface area contributed by atoms with E-state index >= 15 is 0 Å². The Morgan fingerprint density at radius 3 is 2.32 bits per heavy atom. The Labute approximate surface area is 340 Å². The first-order chi connectivity index (χ1) is 28.3. The third kappa shape index (κ3) is 12.3. The standard InChI is InChI=1S/C41H50FN5O12/c1-4-7-8-11-27(31(5-2)47(24-48)59-41(56)26-13-15-32(29(42)20-26)46-18-9-10-19-46)37(51)43-23-44-39(53)34-17-16-33(58-34)25-12-14-28(35(21-25)57-6-3)38(52)45-30(40(54)55)22-36(49)50/h12-17,20-21,24,27,30-31H,4-11,18-19,22-23H2,1-3H3,(H,43,51)(H,44,53)(H,45,52)(H,49,50)(H,54,55)/t27-,30+,31-/m1/s1. The number of benzene rings is 2. The van der Waals surface area contributed by atoms with E-state index in [-0.39, 0.29) is 48.1 Å². The minimum Gasteiger partial charge on any atom is -0.493 e. The molecule has 318 valence electrons. The molecule has 17 nitrogen and oxygen atoms in total. The summed E-state index contributed by atoms with van der Waals surface area (Å²) in [6.45, 7) is 6.61. The number of aliphatic carboxylic acids is 2. The van der Waals surface area contributed by atoms with Crippen molar-refractivity contribution in [1.29, 1.82) is 0 Å². The number of rotatable bonds is 23. The lowest BCUT2D eigenvalue weighted by molar-refractivity contribution is -0.171. The highest BCUT2D eigenvalue weighted by atomic mass is 19.1. The van der Waals surface area contributed by atoms with E-state index in [2.05, 4.69) is 16.0 Å². The van der Waals surface area contributed by atoms with Crippen LogP contribution in [0.4, 0.5) is 10.1 Å². The molecule has 2 heterocycles. The number of furan rings is 1. The monoisotopic (exact) mass is 823 g/mol. The molecular formula is C41H50FN5O12. The fourth-order valence-electron chi connectivity index (χ4n) is 6.71. The fraction of sp³-hybridized carbons (Fsp3) is 0.439. The van der Waals surface area contributed by atoms with Crippen LogP contribution in [0.25, 0.3) is 11.3 Å². The van der Waals surface area contributed by atoms with Gasteiger partial charge in [0.25, 0.3) is 11.8 Å². The summed E-state index contributed by atoms with van der Waals surface area (Å²) in [5.74, 6) is -7.26. The molecule has 4 amide bonds. The highest BCUT2D eigenvalue weighted by molar-refractivity contribution is 6.00. The minimum absolute atomic E-state index is 0.0503. The number of hydroxylamine groups is 2. The van der Waals surface area contributed by atoms with Gasteiger partial charge in [0, 0.05) is 18.7 Å². The van der Waals surface area contributed by atoms with Gasteiger partial charge in [-0.25, -0.2) is 14.0 Å². The van der Waals surface area contributed by atoms with Gasteiger partial charge in [-0.05, 0) is 75.1 Å². The number of unbranched alkanes of at least 4 members (excludes halogenated alkanes) is 2. The Hall–Kier alpha value is -6.46. The molecule has 0 radical (unpaired) electrons. The normalized spacial score (nSPS) is 13.7. The van der Waals surface area contributed by atoms with E-state index in [9.17, 15) is 43.1 Å². The maximum Gasteiger partial charge on any atom is 0.363 e. The molecule has 3 atom stereocenters. The van der Waals surface area contributed by atoms with Crippen molar-refractivity contribution >= 4 is 47.7 Å². The molecule has 3 aromatic rings. The van der Waals surface area contributed by atoms with Crippen LogP contribution in [-0.4, -0.2) is 95.8 Å². The molecule has 2 aromatic carbocycles. The topological polar surface area (TPSA) is 234 Å². The first kappa shape index (κ1) is 45.2. The number of hydrogen-bond acceptors (Lipinski definition) is 11. The van der Waals surface area contributed by atoms with Gasteiger partial charge in [0.05, 0.1) is 48.5 Å². The van der Waals surface area contributed by atoms with Crippen molar-refractivity contribution in [3.8, 4) is 17.1 Å². The summed E-state index contributed by atoms with van der Waals surface area (Å²) in [5.41, 5.74) is 0.621. The molecule has 0 saturated carbocycles. The Morgan fingerprint density at radius 1 is 0.949 bits per heavy atom. The highest BCUT2D eigenvalue weighted by Crippen LogP contribution is 2.30. The quantitative estimate of drug-likeness (QED) is 0.0377. The Kier molecular flexibility index (Phi) is 16.8. The summed E-state index contributed by atoms with van der Waals surface area (Å²) in [6, 6.07) is 8.58. The third-order valence-corrected chi connectivity index (χ3v) is 9.72. The van der Waals surface area contributed by atoms with E-state index in [1.165, 1.54) is 42.5 Å². The molecule has 0 aliphatic carbocycles.